The molecule has 16 heavy (non-hydrogen) atoms. The molecule has 1 aliphatic rings. The number of thioether (sulfide) groups is 2. The van der Waals surface area contributed by atoms with E-state index in [1.165, 1.54) is 17.3 Å². The van der Waals surface area contributed by atoms with Crippen molar-refractivity contribution in [2.75, 3.05) is 17.3 Å². The first kappa shape index (κ1) is 12.3. The molecule has 1 aromatic heterocycles. The summed E-state index contributed by atoms with van der Waals surface area (Å²) in [4.78, 5) is 4.35. The van der Waals surface area contributed by atoms with Crippen LogP contribution >= 0.6 is 23.5 Å². The highest BCUT2D eigenvalue weighted by atomic mass is 32.2. The van der Waals surface area contributed by atoms with Crippen LogP contribution in [0.15, 0.2) is 12.4 Å². The summed E-state index contributed by atoms with van der Waals surface area (Å²) in [5, 5.41) is 0.598. The summed E-state index contributed by atoms with van der Waals surface area (Å²) < 4.78 is 2.06. The van der Waals surface area contributed by atoms with Crippen LogP contribution in [0.25, 0.3) is 0 Å². The fourth-order valence-corrected chi connectivity index (χ4v) is 4.70. The number of nitrogens with two attached hydrogens (primary N) is 1. The van der Waals surface area contributed by atoms with Crippen LogP contribution < -0.4 is 11.3 Å². The van der Waals surface area contributed by atoms with Gasteiger partial charge >= 0.3 is 0 Å². The number of nitrogens with zero attached hydrogens (tertiary/aromatic N) is 2. The summed E-state index contributed by atoms with van der Waals surface area (Å²) in [6.45, 7) is 0. The maximum absolute atomic E-state index is 5.66. The van der Waals surface area contributed by atoms with Crippen LogP contribution in [-0.4, -0.2) is 38.1 Å². The first-order valence-corrected chi connectivity index (χ1v) is 7.63. The number of aromatic nitrogens is 2. The van der Waals surface area contributed by atoms with Gasteiger partial charge in [-0.3, -0.25) is 11.3 Å². The highest BCUT2D eigenvalue weighted by Crippen LogP contribution is 2.27. The zero-order chi connectivity index (χ0) is 11.4. The van der Waals surface area contributed by atoms with E-state index in [1.807, 2.05) is 43.0 Å². The van der Waals surface area contributed by atoms with Gasteiger partial charge in [-0.25, -0.2) is 4.98 Å². The maximum atomic E-state index is 5.66. The number of hydrogen-bond donors (Lipinski definition) is 2. The van der Waals surface area contributed by atoms with Crippen LogP contribution in [0.3, 0.4) is 0 Å². The monoisotopic (exact) mass is 258 g/mol. The van der Waals surface area contributed by atoms with Crippen molar-refractivity contribution < 1.29 is 0 Å². The number of aryl methyl sites for hydroxylation is 1. The van der Waals surface area contributed by atoms with Gasteiger partial charge in [0.25, 0.3) is 0 Å². The molecule has 2 unspecified atom stereocenters. The molecule has 1 saturated heterocycles. The van der Waals surface area contributed by atoms with Crippen LogP contribution in [0.5, 0.6) is 0 Å². The molecule has 90 valence electrons. The summed E-state index contributed by atoms with van der Waals surface area (Å²) >= 11 is 4.04. The van der Waals surface area contributed by atoms with Gasteiger partial charge in [-0.2, -0.15) is 23.5 Å². The highest BCUT2D eigenvalue weighted by molar-refractivity contribution is 8.06. The number of hydrazine groups is 1. The van der Waals surface area contributed by atoms with Gasteiger partial charge in [-0.1, -0.05) is 0 Å². The van der Waals surface area contributed by atoms with Crippen LogP contribution in [0, 0.1) is 0 Å². The van der Waals surface area contributed by atoms with Crippen molar-refractivity contribution in [3.63, 3.8) is 0 Å². The second kappa shape index (κ2) is 5.95. The minimum absolute atomic E-state index is 0.318. The summed E-state index contributed by atoms with van der Waals surface area (Å²) in [7, 11) is 2.03. The smallest absolute Gasteiger partial charge is 0.110 e. The maximum Gasteiger partial charge on any atom is 0.110 e. The third-order valence-corrected chi connectivity index (χ3v) is 5.75. The molecule has 1 aliphatic heterocycles. The lowest BCUT2D eigenvalue weighted by molar-refractivity contribution is 0.506. The molecule has 1 aromatic rings. The van der Waals surface area contributed by atoms with Gasteiger partial charge in [0, 0.05) is 54.4 Å². The van der Waals surface area contributed by atoms with Gasteiger partial charge in [-0.05, 0) is 0 Å². The molecule has 1 fully saturated rings. The zero-order valence-corrected chi connectivity index (χ0v) is 11.1. The number of hydrogen-bond acceptors (Lipinski definition) is 5. The summed E-state index contributed by atoms with van der Waals surface area (Å²) in [5.74, 6) is 10.4. The summed E-state index contributed by atoms with van der Waals surface area (Å²) in [6, 6.07) is 0.318. The van der Waals surface area contributed by atoms with Crippen LogP contribution in [0.2, 0.25) is 0 Å². The quantitative estimate of drug-likeness (QED) is 0.613. The SMILES string of the molecule is Cn1ccnc1CC(NN)C1CSCCS1. The van der Waals surface area contributed by atoms with Gasteiger partial charge in [0.05, 0.1) is 0 Å². The van der Waals surface area contributed by atoms with Crippen molar-refractivity contribution in [3.8, 4) is 0 Å². The molecular formula is C10H18N4S2. The average molecular weight is 258 g/mol. The lowest BCUT2D eigenvalue weighted by Crippen LogP contribution is -2.46. The standard InChI is InChI=1S/C10H18N4S2/c1-14-3-2-12-10(14)6-8(13-11)9-7-15-4-5-16-9/h2-3,8-9,13H,4-7,11H2,1H3. The Morgan fingerprint density at radius 1 is 1.69 bits per heavy atom. The Morgan fingerprint density at radius 3 is 3.12 bits per heavy atom. The first-order chi connectivity index (χ1) is 7.81. The second-order valence-electron chi connectivity index (χ2n) is 3.92. The van der Waals surface area contributed by atoms with Crippen molar-refractivity contribution in [3.05, 3.63) is 18.2 Å². The minimum Gasteiger partial charge on any atom is -0.338 e. The van der Waals surface area contributed by atoms with E-state index < -0.39 is 0 Å². The normalized spacial score (nSPS) is 23.2. The molecule has 6 heteroatoms. The molecule has 4 nitrogen and oxygen atoms in total. The van der Waals surface area contributed by atoms with Gasteiger partial charge in [0.2, 0.25) is 0 Å². The minimum atomic E-state index is 0.318. The van der Waals surface area contributed by atoms with Crippen molar-refractivity contribution in [1.29, 1.82) is 0 Å². The Kier molecular flexibility index (Phi) is 4.57. The van der Waals surface area contributed by atoms with E-state index in [0.717, 1.165) is 12.2 Å². The molecule has 0 spiro atoms. The topological polar surface area (TPSA) is 55.9 Å². The van der Waals surface area contributed by atoms with Crippen molar-refractivity contribution >= 4 is 23.5 Å². The van der Waals surface area contributed by atoms with Crippen LogP contribution in [0.4, 0.5) is 0 Å². The lowest BCUT2D eigenvalue weighted by Gasteiger charge is -2.28. The molecule has 0 aliphatic carbocycles. The molecule has 2 rings (SSSR count). The predicted molar refractivity (Wildman–Crippen MR) is 71.6 cm³/mol. The molecule has 0 saturated carbocycles. The summed E-state index contributed by atoms with van der Waals surface area (Å²) in [5.41, 5.74) is 2.95. The van der Waals surface area contributed by atoms with E-state index in [1.54, 1.807) is 0 Å². The van der Waals surface area contributed by atoms with Crippen molar-refractivity contribution in [2.45, 2.75) is 17.7 Å². The van der Waals surface area contributed by atoms with Gasteiger partial charge in [0.15, 0.2) is 0 Å². The molecule has 0 radical (unpaired) electrons. The van der Waals surface area contributed by atoms with Crippen LogP contribution in [0.1, 0.15) is 5.82 Å². The molecule has 0 aromatic carbocycles. The molecule has 2 atom stereocenters. The van der Waals surface area contributed by atoms with E-state index >= 15 is 0 Å². The number of nitrogens with one attached hydrogen (secondary N) is 1. The average Bonchev–Trinajstić information content (AvgIpc) is 2.73. The number of imidazole rings is 1. The molecule has 0 amide bonds. The second-order valence-corrected chi connectivity index (χ2v) is 6.41. The Bertz CT molecular complexity index is 322. The Hall–Kier alpha value is -0.170. The number of rotatable bonds is 4. The fourth-order valence-electron chi connectivity index (χ4n) is 1.83. The fraction of sp³-hybridized carbons (Fsp3) is 0.700. The predicted octanol–water partition coefficient (Wildman–Crippen LogP) is 0.643. The Labute approximate surface area is 105 Å². The first-order valence-electron chi connectivity index (χ1n) is 5.43. The zero-order valence-electron chi connectivity index (χ0n) is 9.43. The van der Waals surface area contributed by atoms with Gasteiger partial charge < -0.3 is 4.57 Å². The van der Waals surface area contributed by atoms with E-state index in [0.29, 0.717) is 11.3 Å². The highest BCUT2D eigenvalue weighted by Gasteiger charge is 2.24. The largest absolute Gasteiger partial charge is 0.338 e. The lowest BCUT2D eigenvalue weighted by atomic mass is 10.1. The van der Waals surface area contributed by atoms with E-state index in [4.69, 9.17) is 5.84 Å². The van der Waals surface area contributed by atoms with Crippen molar-refractivity contribution in [2.24, 2.45) is 12.9 Å². The Morgan fingerprint density at radius 2 is 2.56 bits per heavy atom. The molecule has 0 bridgehead atoms. The Balaban J connectivity index is 1.97. The van der Waals surface area contributed by atoms with Gasteiger partial charge in [-0.15, -0.1) is 0 Å². The molecule has 2 heterocycles. The molecular weight excluding hydrogens is 240 g/mol. The van der Waals surface area contributed by atoms with Crippen LogP contribution in [-0.2, 0) is 13.5 Å². The van der Waals surface area contributed by atoms with E-state index in [9.17, 15) is 0 Å². The van der Waals surface area contributed by atoms with E-state index in [-0.39, 0.29) is 0 Å². The van der Waals surface area contributed by atoms with E-state index in [2.05, 4.69) is 15.0 Å². The molecule has 3 N–H and O–H groups in total. The van der Waals surface area contributed by atoms with Crippen molar-refractivity contribution in [1.82, 2.24) is 15.0 Å². The third-order valence-electron chi connectivity index (χ3n) is 2.83. The summed E-state index contributed by atoms with van der Waals surface area (Å²) in [6.07, 6.45) is 4.72. The van der Waals surface area contributed by atoms with Gasteiger partial charge in [0.1, 0.15) is 5.82 Å². The third kappa shape index (κ3) is 2.94.